The second kappa shape index (κ2) is 5.51. The Labute approximate surface area is 118 Å². The smallest absolute Gasteiger partial charge is 0.125 e. The average Bonchev–Trinajstić information content (AvgIpc) is 2.48. The number of rotatable bonds is 2. The minimum absolute atomic E-state index is 0.284. The molecule has 0 unspecified atom stereocenters. The number of quaternary nitrogens is 1. The second-order valence-electron chi connectivity index (χ2n) is 5.37. The van der Waals surface area contributed by atoms with E-state index in [1.807, 2.05) is 30.3 Å². The minimum atomic E-state index is 0.284. The molecule has 2 aromatic carbocycles. The summed E-state index contributed by atoms with van der Waals surface area (Å²) in [6.45, 7) is 4.15. The van der Waals surface area contributed by atoms with Crippen LogP contribution in [0.1, 0.15) is 5.56 Å². The third-order valence-corrected chi connectivity index (χ3v) is 3.89. The number of hydrogen-bond acceptors (Lipinski definition) is 3. The fourth-order valence-corrected chi connectivity index (χ4v) is 2.55. The molecule has 4 heteroatoms. The van der Waals surface area contributed by atoms with Gasteiger partial charge < -0.3 is 10.0 Å². The van der Waals surface area contributed by atoms with Gasteiger partial charge in [-0.2, -0.15) is 5.10 Å². The Morgan fingerprint density at radius 3 is 2.70 bits per heavy atom. The van der Waals surface area contributed by atoms with Crippen molar-refractivity contribution in [1.29, 1.82) is 0 Å². The van der Waals surface area contributed by atoms with E-state index in [0.717, 1.165) is 42.5 Å². The maximum Gasteiger partial charge on any atom is 0.125 e. The summed E-state index contributed by atoms with van der Waals surface area (Å²) in [5.41, 5.74) is 0.800. The Kier molecular flexibility index (Phi) is 3.56. The normalized spacial score (nSPS) is 17.1. The topological polar surface area (TPSA) is 40.3 Å². The number of piperazine rings is 1. The Morgan fingerprint density at radius 2 is 1.90 bits per heavy atom. The molecule has 1 heterocycles. The molecule has 0 aliphatic carbocycles. The highest BCUT2D eigenvalue weighted by Gasteiger charge is 2.14. The van der Waals surface area contributed by atoms with Crippen molar-refractivity contribution in [3.05, 3.63) is 42.0 Å². The molecule has 1 aliphatic rings. The zero-order valence-electron chi connectivity index (χ0n) is 11.7. The molecule has 1 fully saturated rings. The van der Waals surface area contributed by atoms with E-state index < -0.39 is 0 Å². The number of phenols is 1. The van der Waals surface area contributed by atoms with Crippen LogP contribution in [0.2, 0.25) is 0 Å². The summed E-state index contributed by atoms with van der Waals surface area (Å²) in [5.74, 6) is 0.284. The lowest BCUT2D eigenvalue weighted by Crippen LogP contribution is -3.11. The van der Waals surface area contributed by atoms with Crippen LogP contribution in [-0.2, 0) is 0 Å². The van der Waals surface area contributed by atoms with Crippen LogP contribution < -0.4 is 4.90 Å². The molecule has 0 saturated carbocycles. The Morgan fingerprint density at radius 1 is 1.15 bits per heavy atom. The van der Waals surface area contributed by atoms with Crippen LogP contribution in [0.4, 0.5) is 0 Å². The van der Waals surface area contributed by atoms with Crippen molar-refractivity contribution in [2.75, 3.05) is 33.2 Å². The largest absolute Gasteiger partial charge is 0.507 e. The van der Waals surface area contributed by atoms with Gasteiger partial charge in [0.1, 0.15) is 5.75 Å². The molecule has 0 bridgehead atoms. The lowest BCUT2D eigenvalue weighted by atomic mass is 10.0. The third-order valence-electron chi connectivity index (χ3n) is 3.89. The molecule has 2 N–H and O–H groups in total. The van der Waals surface area contributed by atoms with Crippen molar-refractivity contribution >= 4 is 17.0 Å². The molecule has 1 aliphatic heterocycles. The van der Waals surface area contributed by atoms with E-state index in [1.165, 1.54) is 0 Å². The van der Waals surface area contributed by atoms with Gasteiger partial charge in [-0.3, -0.25) is 5.01 Å². The first-order valence-electron chi connectivity index (χ1n) is 7.05. The lowest BCUT2D eigenvalue weighted by molar-refractivity contribution is -0.884. The number of fused-ring (bicyclic) bond motifs is 1. The number of phenolic OH excluding ortho intramolecular Hbond substituents is 1. The van der Waals surface area contributed by atoms with E-state index in [0.29, 0.717) is 0 Å². The molecule has 0 spiro atoms. The number of hydrazone groups is 1. The first kappa shape index (κ1) is 12.9. The van der Waals surface area contributed by atoms with Crippen LogP contribution in [0.3, 0.4) is 0 Å². The fraction of sp³-hybridized carbons (Fsp3) is 0.312. The highest BCUT2D eigenvalue weighted by Crippen LogP contribution is 2.25. The molecule has 3 rings (SSSR count). The molecule has 2 aromatic rings. The van der Waals surface area contributed by atoms with E-state index >= 15 is 0 Å². The molecule has 0 aromatic heterocycles. The van der Waals surface area contributed by atoms with Crippen molar-refractivity contribution in [3.8, 4) is 5.75 Å². The Hall–Kier alpha value is -2.07. The summed E-state index contributed by atoms with van der Waals surface area (Å²) < 4.78 is 0. The summed E-state index contributed by atoms with van der Waals surface area (Å²) in [6, 6.07) is 11.7. The predicted molar refractivity (Wildman–Crippen MR) is 81.4 cm³/mol. The first-order valence-corrected chi connectivity index (χ1v) is 7.05. The predicted octanol–water partition coefficient (Wildman–Crippen LogP) is 0.710. The zero-order valence-corrected chi connectivity index (χ0v) is 11.7. The standard InChI is InChI=1S/C16H19N3O/c1-18-8-10-19(11-9-18)17-12-15-14-5-3-2-4-13(14)6-7-16(15)20/h2-7,12,20H,8-11H2,1H3/p+1/b17-12+. The van der Waals surface area contributed by atoms with E-state index in [2.05, 4.69) is 17.2 Å². The molecular weight excluding hydrogens is 250 g/mol. The Bertz CT molecular complexity index is 631. The van der Waals surface area contributed by atoms with E-state index in [-0.39, 0.29) is 5.75 Å². The molecule has 4 nitrogen and oxygen atoms in total. The monoisotopic (exact) mass is 270 g/mol. The molecule has 104 valence electrons. The van der Waals surface area contributed by atoms with Gasteiger partial charge >= 0.3 is 0 Å². The van der Waals surface area contributed by atoms with Crippen molar-refractivity contribution < 1.29 is 10.0 Å². The Balaban J connectivity index is 1.88. The van der Waals surface area contributed by atoms with Crippen molar-refractivity contribution in [2.45, 2.75) is 0 Å². The second-order valence-corrected chi connectivity index (χ2v) is 5.37. The highest BCUT2D eigenvalue weighted by atomic mass is 16.3. The summed E-state index contributed by atoms with van der Waals surface area (Å²) >= 11 is 0. The summed E-state index contributed by atoms with van der Waals surface area (Å²) in [6.07, 6.45) is 1.79. The first-order chi connectivity index (χ1) is 9.74. The lowest BCUT2D eigenvalue weighted by Gasteiger charge is -2.27. The minimum Gasteiger partial charge on any atom is -0.507 e. The number of nitrogens with zero attached hydrogens (tertiary/aromatic N) is 2. The number of hydrogen-bond donors (Lipinski definition) is 2. The van der Waals surface area contributed by atoms with Crippen LogP contribution >= 0.6 is 0 Å². The van der Waals surface area contributed by atoms with Gasteiger partial charge in [0.15, 0.2) is 0 Å². The average molecular weight is 270 g/mol. The molecule has 0 atom stereocenters. The van der Waals surface area contributed by atoms with Gasteiger partial charge in [-0.25, -0.2) is 0 Å². The van der Waals surface area contributed by atoms with Gasteiger partial charge in [-0.05, 0) is 16.8 Å². The molecule has 0 amide bonds. The number of aromatic hydroxyl groups is 1. The summed E-state index contributed by atoms with van der Waals surface area (Å²) in [7, 11) is 2.21. The van der Waals surface area contributed by atoms with Crippen LogP contribution in [0.5, 0.6) is 5.75 Å². The van der Waals surface area contributed by atoms with Gasteiger partial charge in [0, 0.05) is 5.56 Å². The maximum atomic E-state index is 10.1. The molecule has 20 heavy (non-hydrogen) atoms. The van der Waals surface area contributed by atoms with Crippen molar-refractivity contribution in [3.63, 3.8) is 0 Å². The number of benzene rings is 2. The third kappa shape index (κ3) is 2.60. The van der Waals surface area contributed by atoms with Gasteiger partial charge in [-0.1, -0.05) is 30.3 Å². The van der Waals surface area contributed by atoms with E-state index in [9.17, 15) is 5.11 Å². The van der Waals surface area contributed by atoms with E-state index in [4.69, 9.17) is 0 Å². The summed E-state index contributed by atoms with van der Waals surface area (Å²) in [5, 5.41) is 18.8. The van der Waals surface area contributed by atoms with Crippen LogP contribution in [0, 0.1) is 0 Å². The van der Waals surface area contributed by atoms with Crippen LogP contribution in [-0.4, -0.2) is 49.6 Å². The van der Waals surface area contributed by atoms with Crippen molar-refractivity contribution in [2.24, 2.45) is 5.10 Å². The maximum absolute atomic E-state index is 10.1. The number of nitrogens with one attached hydrogen (secondary N) is 1. The highest BCUT2D eigenvalue weighted by molar-refractivity contribution is 6.02. The van der Waals surface area contributed by atoms with Crippen molar-refractivity contribution in [1.82, 2.24) is 5.01 Å². The molecule has 0 radical (unpaired) electrons. The zero-order chi connectivity index (χ0) is 13.9. The fourth-order valence-electron chi connectivity index (χ4n) is 2.55. The molecular formula is C16H20N3O+. The quantitative estimate of drug-likeness (QED) is 0.789. The van der Waals surface area contributed by atoms with Gasteiger partial charge in [0.25, 0.3) is 0 Å². The SMILES string of the molecule is C[NH+]1CCN(/N=C/c2c(O)ccc3ccccc23)CC1. The van der Waals surface area contributed by atoms with Crippen LogP contribution in [0.15, 0.2) is 41.5 Å². The molecule has 1 saturated heterocycles. The van der Waals surface area contributed by atoms with E-state index in [1.54, 1.807) is 17.2 Å². The van der Waals surface area contributed by atoms with Crippen LogP contribution in [0.25, 0.3) is 10.8 Å². The van der Waals surface area contributed by atoms with Gasteiger partial charge in [0.05, 0.1) is 39.4 Å². The summed E-state index contributed by atoms with van der Waals surface area (Å²) in [4.78, 5) is 1.55. The number of likely N-dealkylation sites (N-methyl/N-ethyl adjacent to an activating group) is 1. The van der Waals surface area contributed by atoms with Gasteiger partial charge in [0.2, 0.25) is 0 Å². The van der Waals surface area contributed by atoms with Gasteiger partial charge in [-0.15, -0.1) is 0 Å².